The number of rotatable bonds is 7. The van der Waals surface area contributed by atoms with E-state index in [2.05, 4.69) is 35.6 Å². The van der Waals surface area contributed by atoms with Gasteiger partial charge in [-0.2, -0.15) is 0 Å². The van der Waals surface area contributed by atoms with Crippen molar-refractivity contribution < 1.29 is 9.47 Å². The molecule has 1 aliphatic heterocycles. The zero-order valence-electron chi connectivity index (χ0n) is 13.8. The third-order valence-corrected chi connectivity index (χ3v) is 4.42. The monoisotopic (exact) mass is 295 g/mol. The Labute approximate surface area is 128 Å². The normalized spacial score (nSPS) is 28.7. The number of nitrogens with one attached hydrogen (secondary N) is 1. The number of hydrogen-bond acceptors (Lipinski definition) is 4. The average molecular weight is 295 g/mol. The number of hydrogen-bond donors (Lipinski definition) is 1. The Balaban J connectivity index is 1.74. The van der Waals surface area contributed by atoms with E-state index in [1.807, 2.05) is 18.7 Å². The van der Waals surface area contributed by atoms with Crippen molar-refractivity contribution in [1.82, 2.24) is 14.9 Å². The third-order valence-electron chi connectivity index (χ3n) is 4.42. The average Bonchev–Trinajstić information content (AvgIpc) is 2.95. The maximum absolute atomic E-state index is 5.98. The molecule has 2 rings (SSSR count). The number of imidazole rings is 1. The Hall–Kier alpha value is -0.910. The van der Waals surface area contributed by atoms with Gasteiger partial charge in [-0.1, -0.05) is 13.8 Å². The predicted octanol–water partition coefficient (Wildman–Crippen LogP) is 2.29. The van der Waals surface area contributed by atoms with Crippen LogP contribution in [0.3, 0.4) is 0 Å². The standard InChI is InChI=1S/C16H29N3O2/c1-15(2)10-14(16(3,20-4)21-12-15)11-17-6-5-8-19-9-7-18-13-19/h7,9,13-14,17H,5-6,8,10-12H2,1-4H3/t14-,16-/m1/s1. The van der Waals surface area contributed by atoms with E-state index in [-0.39, 0.29) is 5.41 Å². The topological polar surface area (TPSA) is 48.3 Å². The van der Waals surface area contributed by atoms with Crippen LogP contribution < -0.4 is 5.32 Å². The predicted molar refractivity (Wildman–Crippen MR) is 83.0 cm³/mol. The number of aromatic nitrogens is 2. The first-order chi connectivity index (χ1) is 9.95. The quantitative estimate of drug-likeness (QED) is 0.784. The molecule has 0 bridgehead atoms. The summed E-state index contributed by atoms with van der Waals surface area (Å²) >= 11 is 0. The second-order valence-electron chi connectivity index (χ2n) is 6.93. The van der Waals surface area contributed by atoms with Crippen molar-refractivity contribution in [2.24, 2.45) is 11.3 Å². The molecule has 1 aromatic heterocycles. The Morgan fingerprint density at radius 2 is 2.24 bits per heavy atom. The van der Waals surface area contributed by atoms with E-state index in [0.717, 1.165) is 39.1 Å². The summed E-state index contributed by atoms with van der Waals surface area (Å²) in [6.07, 6.45) is 7.89. The van der Waals surface area contributed by atoms with E-state index in [0.29, 0.717) is 5.92 Å². The number of aryl methyl sites for hydroxylation is 1. The fourth-order valence-corrected chi connectivity index (χ4v) is 2.93. The lowest BCUT2D eigenvalue weighted by Crippen LogP contribution is -2.52. The molecule has 1 fully saturated rings. The van der Waals surface area contributed by atoms with Crippen molar-refractivity contribution >= 4 is 0 Å². The zero-order valence-corrected chi connectivity index (χ0v) is 13.8. The fraction of sp³-hybridized carbons (Fsp3) is 0.812. The highest BCUT2D eigenvalue weighted by atomic mass is 16.7. The van der Waals surface area contributed by atoms with E-state index >= 15 is 0 Å². The highest BCUT2D eigenvalue weighted by Crippen LogP contribution is 2.40. The molecule has 1 saturated heterocycles. The van der Waals surface area contributed by atoms with Gasteiger partial charge in [-0.3, -0.25) is 0 Å². The van der Waals surface area contributed by atoms with E-state index in [1.165, 1.54) is 0 Å². The van der Waals surface area contributed by atoms with Crippen LogP contribution in [0.25, 0.3) is 0 Å². The van der Waals surface area contributed by atoms with E-state index in [9.17, 15) is 0 Å². The molecule has 0 amide bonds. The van der Waals surface area contributed by atoms with Crippen molar-refractivity contribution in [2.75, 3.05) is 26.8 Å². The second kappa shape index (κ2) is 6.90. The van der Waals surface area contributed by atoms with Gasteiger partial charge >= 0.3 is 0 Å². The molecule has 1 N–H and O–H groups in total. The molecule has 0 unspecified atom stereocenters. The largest absolute Gasteiger partial charge is 0.353 e. The third kappa shape index (κ3) is 4.53. The smallest absolute Gasteiger partial charge is 0.169 e. The molecule has 1 aliphatic rings. The van der Waals surface area contributed by atoms with Crippen LogP contribution in [0, 0.1) is 11.3 Å². The van der Waals surface area contributed by atoms with Crippen molar-refractivity contribution in [3.05, 3.63) is 18.7 Å². The molecule has 0 radical (unpaired) electrons. The first-order valence-corrected chi connectivity index (χ1v) is 7.81. The maximum atomic E-state index is 5.98. The SMILES string of the molecule is CO[C@]1(C)OCC(C)(C)C[C@@H]1CNCCCn1ccnc1. The van der Waals surface area contributed by atoms with Crippen molar-refractivity contribution in [3.63, 3.8) is 0 Å². The fourth-order valence-electron chi connectivity index (χ4n) is 2.93. The molecule has 5 nitrogen and oxygen atoms in total. The number of ether oxygens (including phenoxy) is 2. The molecule has 2 heterocycles. The first kappa shape index (κ1) is 16.5. The Kier molecular flexibility index (Phi) is 5.41. The summed E-state index contributed by atoms with van der Waals surface area (Å²) in [4.78, 5) is 4.05. The van der Waals surface area contributed by atoms with Gasteiger partial charge in [0.1, 0.15) is 0 Å². The lowest BCUT2D eigenvalue weighted by atomic mass is 9.77. The first-order valence-electron chi connectivity index (χ1n) is 7.81. The minimum Gasteiger partial charge on any atom is -0.353 e. The Morgan fingerprint density at radius 3 is 2.90 bits per heavy atom. The number of methoxy groups -OCH3 is 1. The summed E-state index contributed by atoms with van der Waals surface area (Å²) in [7, 11) is 1.74. The van der Waals surface area contributed by atoms with Gasteiger partial charge in [-0.15, -0.1) is 0 Å². The van der Waals surface area contributed by atoms with Crippen molar-refractivity contribution in [3.8, 4) is 0 Å². The summed E-state index contributed by atoms with van der Waals surface area (Å²) in [5.41, 5.74) is 0.223. The summed E-state index contributed by atoms with van der Waals surface area (Å²) < 4.78 is 13.7. The molecule has 0 spiro atoms. The van der Waals surface area contributed by atoms with Crippen molar-refractivity contribution in [2.45, 2.75) is 45.9 Å². The van der Waals surface area contributed by atoms with Gasteiger partial charge in [-0.05, 0) is 31.7 Å². The van der Waals surface area contributed by atoms with Gasteiger partial charge in [0.05, 0.1) is 12.9 Å². The summed E-state index contributed by atoms with van der Waals surface area (Å²) in [6, 6.07) is 0. The lowest BCUT2D eigenvalue weighted by Gasteiger charge is -2.46. The minimum atomic E-state index is -0.465. The molecule has 0 aliphatic carbocycles. The molecule has 21 heavy (non-hydrogen) atoms. The van der Waals surface area contributed by atoms with Gasteiger partial charge in [0.2, 0.25) is 0 Å². The molecule has 120 valence electrons. The van der Waals surface area contributed by atoms with Gasteiger partial charge in [0.15, 0.2) is 5.79 Å². The Morgan fingerprint density at radius 1 is 1.43 bits per heavy atom. The summed E-state index contributed by atoms with van der Waals surface area (Å²) in [5.74, 6) is -0.0909. The number of nitrogens with zero attached hydrogens (tertiary/aromatic N) is 2. The van der Waals surface area contributed by atoms with Crippen LogP contribution in [0.15, 0.2) is 18.7 Å². The van der Waals surface area contributed by atoms with Crippen LogP contribution in [0.2, 0.25) is 0 Å². The van der Waals surface area contributed by atoms with Gasteiger partial charge in [-0.25, -0.2) is 4.98 Å². The summed E-state index contributed by atoms with van der Waals surface area (Å²) in [5, 5.41) is 3.55. The van der Waals surface area contributed by atoms with Crippen LogP contribution in [-0.2, 0) is 16.0 Å². The Bertz CT molecular complexity index is 419. The molecular formula is C16H29N3O2. The summed E-state index contributed by atoms with van der Waals surface area (Å²) in [6.45, 7) is 10.3. The highest BCUT2D eigenvalue weighted by Gasteiger charge is 2.44. The van der Waals surface area contributed by atoms with Crippen LogP contribution in [0.4, 0.5) is 0 Å². The van der Waals surface area contributed by atoms with Gasteiger partial charge in [0, 0.05) is 38.5 Å². The van der Waals surface area contributed by atoms with E-state index in [1.54, 1.807) is 7.11 Å². The van der Waals surface area contributed by atoms with E-state index in [4.69, 9.17) is 9.47 Å². The van der Waals surface area contributed by atoms with Crippen LogP contribution in [0.1, 0.15) is 33.6 Å². The van der Waals surface area contributed by atoms with Gasteiger partial charge < -0.3 is 19.4 Å². The van der Waals surface area contributed by atoms with Crippen LogP contribution in [-0.4, -0.2) is 42.1 Å². The molecule has 1 aromatic rings. The minimum absolute atomic E-state index is 0.223. The molecule has 0 saturated carbocycles. The molecule has 0 aromatic carbocycles. The van der Waals surface area contributed by atoms with Crippen molar-refractivity contribution in [1.29, 1.82) is 0 Å². The van der Waals surface area contributed by atoms with Crippen LogP contribution in [0.5, 0.6) is 0 Å². The van der Waals surface area contributed by atoms with E-state index < -0.39 is 5.79 Å². The molecule has 5 heteroatoms. The highest BCUT2D eigenvalue weighted by molar-refractivity contribution is 4.88. The van der Waals surface area contributed by atoms with Crippen LogP contribution >= 0.6 is 0 Å². The van der Waals surface area contributed by atoms with Gasteiger partial charge in [0.25, 0.3) is 0 Å². The molecule has 2 atom stereocenters. The second-order valence-corrected chi connectivity index (χ2v) is 6.93. The maximum Gasteiger partial charge on any atom is 0.169 e. The zero-order chi connectivity index (χ0) is 15.3. The molecular weight excluding hydrogens is 266 g/mol. The lowest BCUT2D eigenvalue weighted by molar-refractivity contribution is -0.281.